The van der Waals surface area contributed by atoms with E-state index in [4.69, 9.17) is 9.63 Å². The summed E-state index contributed by atoms with van der Waals surface area (Å²) in [7, 11) is 0. The number of carboxylic acid groups (broad SMARTS) is 1. The van der Waals surface area contributed by atoms with E-state index >= 15 is 0 Å². The van der Waals surface area contributed by atoms with Crippen LogP contribution in [0.15, 0.2) is 22.2 Å². The molecular formula is C12H16N4O3S. The van der Waals surface area contributed by atoms with E-state index in [0.29, 0.717) is 29.9 Å². The van der Waals surface area contributed by atoms with Gasteiger partial charge in [-0.25, -0.2) is 4.98 Å². The summed E-state index contributed by atoms with van der Waals surface area (Å²) >= 11 is 1.22. The van der Waals surface area contributed by atoms with Gasteiger partial charge in [0, 0.05) is 24.9 Å². The van der Waals surface area contributed by atoms with E-state index in [1.165, 1.54) is 18.1 Å². The van der Waals surface area contributed by atoms with Gasteiger partial charge in [-0.3, -0.25) is 4.79 Å². The van der Waals surface area contributed by atoms with Crippen molar-refractivity contribution in [1.29, 1.82) is 0 Å². The highest BCUT2D eigenvalue weighted by molar-refractivity contribution is 7.99. The van der Waals surface area contributed by atoms with Crippen LogP contribution in [0.5, 0.6) is 0 Å². The molecule has 0 spiro atoms. The molecule has 0 aliphatic rings. The van der Waals surface area contributed by atoms with Gasteiger partial charge in [0.2, 0.25) is 5.89 Å². The molecule has 2 aromatic heterocycles. The minimum absolute atomic E-state index is 0.00486. The van der Waals surface area contributed by atoms with Crippen molar-refractivity contribution in [2.75, 3.05) is 5.75 Å². The van der Waals surface area contributed by atoms with E-state index < -0.39 is 5.97 Å². The molecule has 0 bridgehead atoms. The van der Waals surface area contributed by atoms with Crippen LogP contribution in [0.3, 0.4) is 0 Å². The number of carbonyl (C=O) groups is 1. The quantitative estimate of drug-likeness (QED) is 0.778. The highest BCUT2D eigenvalue weighted by Gasteiger charge is 2.15. The molecular weight excluding hydrogens is 280 g/mol. The van der Waals surface area contributed by atoms with Gasteiger partial charge in [-0.15, -0.1) is 0 Å². The highest BCUT2D eigenvalue weighted by atomic mass is 32.2. The summed E-state index contributed by atoms with van der Waals surface area (Å²) in [5.41, 5.74) is 1.07. The third-order valence-electron chi connectivity index (χ3n) is 2.72. The Labute approximate surface area is 120 Å². The van der Waals surface area contributed by atoms with Crippen molar-refractivity contribution >= 4 is 17.7 Å². The van der Waals surface area contributed by atoms with Gasteiger partial charge in [0.05, 0.1) is 5.75 Å². The maximum atomic E-state index is 10.7. The molecule has 2 aromatic rings. The Morgan fingerprint density at radius 2 is 2.30 bits per heavy atom. The van der Waals surface area contributed by atoms with Gasteiger partial charge in [0.25, 0.3) is 0 Å². The molecule has 108 valence electrons. The third kappa shape index (κ3) is 3.60. The Kier molecular flexibility index (Phi) is 4.78. The number of rotatable bonds is 7. The van der Waals surface area contributed by atoms with Crippen LogP contribution in [-0.4, -0.2) is 36.5 Å². The van der Waals surface area contributed by atoms with Gasteiger partial charge in [0.15, 0.2) is 11.5 Å². The van der Waals surface area contributed by atoms with Crippen LogP contribution in [0, 0.1) is 0 Å². The Morgan fingerprint density at radius 1 is 1.50 bits per heavy atom. The van der Waals surface area contributed by atoms with E-state index in [1.54, 1.807) is 6.20 Å². The summed E-state index contributed by atoms with van der Waals surface area (Å²) in [5, 5.41) is 13.0. The van der Waals surface area contributed by atoms with Gasteiger partial charge < -0.3 is 14.2 Å². The van der Waals surface area contributed by atoms with Gasteiger partial charge in [-0.1, -0.05) is 30.8 Å². The standard InChI is InChI=1S/C12H16N4O3S/c1-8(2)9-5-13-12(20-6-11(17)18)16(9)4-3-10-14-7-15-19-10/h5,7-8H,3-4,6H2,1-2H3,(H,17,18). The van der Waals surface area contributed by atoms with Gasteiger partial charge in [-0.05, 0) is 5.92 Å². The van der Waals surface area contributed by atoms with E-state index in [0.717, 1.165) is 5.69 Å². The predicted octanol–water partition coefficient (Wildman–Crippen LogP) is 1.81. The lowest BCUT2D eigenvalue weighted by molar-refractivity contribution is -0.133. The maximum absolute atomic E-state index is 10.7. The molecule has 0 fully saturated rings. The Balaban J connectivity index is 2.13. The molecule has 0 aromatic carbocycles. The zero-order valence-corrected chi connectivity index (χ0v) is 12.1. The maximum Gasteiger partial charge on any atom is 0.313 e. The van der Waals surface area contributed by atoms with Crippen molar-refractivity contribution in [3.05, 3.63) is 24.1 Å². The summed E-state index contributed by atoms with van der Waals surface area (Å²) in [4.78, 5) is 19.0. The number of aromatic nitrogens is 4. The highest BCUT2D eigenvalue weighted by Crippen LogP contribution is 2.23. The number of carboxylic acids is 1. The molecule has 0 aliphatic heterocycles. The molecule has 1 N–H and O–H groups in total. The number of hydrogen-bond acceptors (Lipinski definition) is 6. The fraction of sp³-hybridized carbons (Fsp3) is 0.500. The summed E-state index contributed by atoms with van der Waals surface area (Å²) < 4.78 is 6.99. The molecule has 2 heterocycles. The molecule has 0 saturated carbocycles. The monoisotopic (exact) mass is 296 g/mol. The summed E-state index contributed by atoms with van der Waals surface area (Å²) in [6.07, 6.45) is 3.76. The Bertz CT molecular complexity index is 565. The number of thioether (sulfide) groups is 1. The SMILES string of the molecule is CC(C)c1cnc(SCC(=O)O)n1CCc1ncno1. The van der Waals surface area contributed by atoms with Crippen LogP contribution < -0.4 is 0 Å². The smallest absolute Gasteiger partial charge is 0.313 e. The van der Waals surface area contributed by atoms with Crippen LogP contribution >= 0.6 is 11.8 Å². The number of aliphatic carboxylic acids is 1. The van der Waals surface area contributed by atoms with Gasteiger partial charge >= 0.3 is 5.97 Å². The minimum atomic E-state index is -0.854. The summed E-state index contributed by atoms with van der Waals surface area (Å²) in [6.45, 7) is 4.79. The van der Waals surface area contributed by atoms with Crippen molar-refractivity contribution in [2.24, 2.45) is 0 Å². The average molecular weight is 296 g/mol. The second kappa shape index (κ2) is 6.56. The van der Waals surface area contributed by atoms with E-state index in [-0.39, 0.29) is 5.75 Å². The first kappa shape index (κ1) is 14.6. The van der Waals surface area contributed by atoms with Crippen LogP contribution in [-0.2, 0) is 17.8 Å². The fourth-order valence-electron chi connectivity index (χ4n) is 1.81. The predicted molar refractivity (Wildman–Crippen MR) is 72.7 cm³/mol. The van der Waals surface area contributed by atoms with Crippen LogP contribution in [0.4, 0.5) is 0 Å². The van der Waals surface area contributed by atoms with Gasteiger partial charge in [-0.2, -0.15) is 4.98 Å². The van der Waals surface area contributed by atoms with Crippen molar-refractivity contribution < 1.29 is 14.4 Å². The normalized spacial score (nSPS) is 11.2. The molecule has 0 saturated heterocycles. The van der Waals surface area contributed by atoms with E-state index in [2.05, 4.69) is 29.0 Å². The first-order chi connectivity index (χ1) is 9.58. The second-order valence-electron chi connectivity index (χ2n) is 4.54. The third-order valence-corrected chi connectivity index (χ3v) is 3.70. The van der Waals surface area contributed by atoms with Crippen molar-refractivity contribution in [2.45, 2.75) is 37.9 Å². The lowest BCUT2D eigenvalue weighted by Gasteiger charge is -2.12. The number of nitrogens with zero attached hydrogens (tertiary/aromatic N) is 4. The average Bonchev–Trinajstić information content (AvgIpc) is 3.03. The van der Waals surface area contributed by atoms with Crippen molar-refractivity contribution in [3.63, 3.8) is 0 Å². The molecule has 8 heteroatoms. The fourth-order valence-corrected chi connectivity index (χ4v) is 2.54. The van der Waals surface area contributed by atoms with Crippen molar-refractivity contribution in [1.82, 2.24) is 19.7 Å². The molecule has 0 atom stereocenters. The lowest BCUT2D eigenvalue weighted by Crippen LogP contribution is -2.09. The van der Waals surface area contributed by atoms with Crippen LogP contribution in [0.1, 0.15) is 31.4 Å². The van der Waals surface area contributed by atoms with Crippen LogP contribution in [0.2, 0.25) is 0 Å². The van der Waals surface area contributed by atoms with Crippen LogP contribution in [0.25, 0.3) is 0 Å². The lowest BCUT2D eigenvalue weighted by atomic mass is 10.1. The molecule has 2 rings (SSSR count). The van der Waals surface area contributed by atoms with E-state index in [9.17, 15) is 4.79 Å². The van der Waals surface area contributed by atoms with E-state index in [1.807, 2.05) is 4.57 Å². The molecule has 7 nitrogen and oxygen atoms in total. The number of imidazole rings is 1. The minimum Gasteiger partial charge on any atom is -0.481 e. The molecule has 0 radical (unpaired) electrons. The summed E-state index contributed by atoms with van der Waals surface area (Å²) in [5.74, 6) is 0.00857. The molecule has 0 unspecified atom stereocenters. The topological polar surface area (TPSA) is 94.0 Å². The van der Waals surface area contributed by atoms with Gasteiger partial charge in [0.1, 0.15) is 0 Å². The first-order valence-corrected chi connectivity index (χ1v) is 7.22. The number of hydrogen-bond donors (Lipinski definition) is 1. The Hall–Kier alpha value is -1.83. The zero-order chi connectivity index (χ0) is 14.5. The molecule has 0 aliphatic carbocycles. The molecule has 20 heavy (non-hydrogen) atoms. The number of aryl methyl sites for hydroxylation is 1. The first-order valence-electron chi connectivity index (χ1n) is 6.23. The second-order valence-corrected chi connectivity index (χ2v) is 5.48. The van der Waals surface area contributed by atoms with Crippen molar-refractivity contribution in [3.8, 4) is 0 Å². The molecule has 0 amide bonds. The Morgan fingerprint density at radius 3 is 2.90 bits per heavy atom. The summed E-state index contributed by atoms with van der Waals surface area (Å²) in [6, 6.07) is 0. The largest absolute Gasteiger partial charge is 0.481 e. The zero-order valence-electron chi connectivity index (χ0n) is 11.3.